The molecule has 1 aromatic carbocycles. The topological polar surface area (TPSA) is 81.8 Å². The normalized spacial score (nSPS) is 19.0. The molecule has 7 heteroatoms. The minimum Gasteiger partial charge on any atom is -0.354 e. The zero-order valence-electron chi connectivity index (χ0n) is 18.9. The molecule has 3 rings (SSSR count). The molecule has 2 fully saturated rings. The van der Waals surface area contributed by atoms with Crippen molar-refractivity contribution in [3.63, 3.8) is 0 Å². The smallest absolute Gasteiger partial charge is 0.325 e. The van der Waals surface area contributed by atoms with Gasteiger partial charge in [-0.15, -0.1) is 0 Å². The Morgan fingerprint density at radius 1 is 1.13 bits per heavy atom. The molecule has 1 aliphatic heterocycles. The number of hydrogen-bond acceptors (Lipinski definition) is 4. The van der Waals surface area contributed by atoms with E-state index in [-0.39, 0.29) is 36.9 Å². The third-order valence-corrected chi connectivity index (χ3v) is 6.69. The first-order valence-electron chi connectivity index (χ1n) is 11.7. The minimum absolute atomic E-state index is 0.129. The van der Waals surface area contributed by atoms with Gasteiger partial charge in [0.05, 0.1) is 0 Å². The van der Waals surface area contributed by atoms with Gasteiger partial charge < -0.3 is 10.6 Å². The number of amides is 4. The van der Waals surface area contributed by atoms with Crippen LogP contribution in [0.25, 0.3) is 0 Å². The highest BCUT2D eigenvalue weighted by atomic mass is 16.2. The highest BCUT2D eigenvalue weighted by Gasteiger charge is 2.51. The summed E-state index contributed by atoms with van der Waals surface area (Å²) >= 11 is 0. The lowest BCUT2D eigenvalue weighted by molar-refractivity contribution is -0.132. The van der Waals surface area contributed by atoms with Crippen LogP contribution in [0.4, 0.5) is 4.79 Å². The van der Waals surface area contributed by atoms with Crippen LogP contribution in [-0.2, 0) is 16.0 Å². The van der Waals surface area contributed by atoms with Crippen LogP contribution in [0.3, 0.4) is 0 Å². The van der Waals surface area contributed by atoms with Gasteiger partial charge in [0, 0.05) is 25.6 Å². The average Bonchev–Trinajstić information content (AvgIpc) is 3.01. The number of urea groups is 1. The number of hydrogen-bond donors (Lipinski definition) is 2. The maximum Gasteiger partial charge on any atom is 0.325 e. The van der Waals surface area contributed by atoms with Gasteiger partial charge in [-0.05, 0) is 37.9 Å². The second kappa shape index (κ2) is 10.8. The molecular formula is C24H36N4O3. The van der Waals surface area contributed by atoms with Crippen molar-refractivity contribution >= 4 is 17.8 Å². The maximum absolute atomic E-state index is 12.8. The highest BCUT2D eigenvalue weighted by molar-refractivity contribution is 6.07. The number of nitrogens with zero attached hydrogens (tertiary/aromatic N) is 2. The summed E-state index contributed by atoms with van der Waals surface area (Å²) in [7, 11) is 0. The molecule has 31 heavy (non-hydrogen) atoms. The number of carbonyl (C=O) groups excluding carboxylic acids is 3. The molecular weight excluding hydrogens is 392 g/mol. The number of imide groups is 1. The predicted molar refractivity (Wildman–Crippen MR) is 121 cm³/mol. The Hall–Kier alpha value is -2.41. The standard InChI is InChI=1S/C24H36N4O3/c1-3-27(4-2)20(17-19-11-7-5-8-12-19)18-25-21(29)13-16-28-22(30)24(26-23(28)31)14-9-6-10-15-24/h5,7-8,11-12,20H,3-4,6,9-10,13-18H2,1-2H3,(H,25,29)(H,26,31). The summed E-state index contributed by atoms with van der Waals surface area (Å²) in [5.41, 5.74) is 0.515. The van der Waals surface area contributed by atoms with E-state index in [9.17, 15) is 14.4 Å². The molecule has 1 saturated carbocycles. The van der Waals surface area contributed by atoms with Gasteiger partial charge in [-0.2, -0.15) is 0 Å². The highest BCUT2D eigenvalue weighted by Crippen LogP contribution is 2.33. The van der Waals surface area contributed by atoms with Gasteiger partial charge in [-0.25, -0.2) is 4.79 Å². The number of carbonyl (C=O) groups is 3. The fourth-order valence-electron chi connectivity index (χ4n) is 4.86. The second-order valence-corrected chi connectivity index (χ2v) is 8.65. The number of benzene rings is 1. The van der Waals surface area contributed by atoms with Crippen molar-refractivity contribution in [2.75, 3.05) is 26.2 Å². The Kier molecular flexibility index (Phi) is 8.07. The van der Waals surface area contributed by atoms with Crippen LogP contribution in [0, 0.1) is 0 Å². The molecule has 2 N–H and O–H groups in total. The summed E-state index contributed by atoms with van der Waals surface area (Å²) in [6.45, 7) is 6.75. The molecule has 170 valence electrons. The third-order valence-electron chi connectivity index (χ3n) is 6.69. The van der Waals surface area contributed by atoms with Crippen LogP contribution >= 0.6 is 0 Å². The van der Waals surface area contributed by atoms with E-state index >= 15 is 0 Å². The average molecular weight is 429 g/mol. The van der Waals surface area contributed by atoms with Crippen LogP contribution in [0.15, 0.2) is 30.3 Å². The van der Waals surface area contributed by atoms with E-state index < -0.39 is 5.54 Å². The molecule has 1 atom stereocenters. The van der Waals surface area contributed by atoms with Crippen LogP contribution in [0.1, 0.15) is 57.9 Å². The lowest BCUT2D eigenvalue weighted by Crippen LogP contribution is -2.48. The molecule has 4 amide bonds. The molecule has 1 aromatic rings. The SMILES string of the molecule is CCN(CC)C(CNC(=O)CCN1C(=O)NC2(CCCCC2)C1=O)Cc1ccccc1. The minimum atomic E-state index is -0.727. The van der Waals surface area contributed by atoms with Crippen molar-refractivity contribution in [2.45, 2.75) is 70.4 Å². The molecule has 0 bridgehead atoms. The Bertz CT molecular complexity index is 757. The summed E-state index contributed by atoms with van der Waals surface area (Å²) < 4.78 is 0. The lowest BCUT2D eigenvalue weighted by Gasteiger charge is -2.30. The van der Waals surface area contributed by atoms with Gasteiger partial charge in [0.1, 0.15) is 5.54 Å². The zero-order valence-corrected chi connectivity index (χ0v) is 18.9. The Labute approximate surface area is 185 Å². The van der Waals surface area contributed by atoms with E-state index in [1.807, 2.05) is 18.2 Å². The molecule has 1 heterocycles. The fourth-order valence-corrected chi connectivity index (χ4v) is 4.86. The first-order chi connectivity index (χ1) is 15.0. The van der Waals surface area contributed by atoms with Gasteiger partial charge in [-0.1, -0.05) is 63.4 Å². The quantitative estimate of drug-likeness (QED) is 0.562. The molecule has 1 saturated heterocycles. The molecule has 2 aliphatic rings. The maximum atomic E-state index is 12.8. The van der Waals surface area contributed by atoms with Crippen molar-refractivity contribution in [3.8, 4) is 0 Å². The second-order valence-electron chi connectivity index (χ2n) is 8.65. The number of rotatable bonds is 10. The van der Waals surface area contributed by atoms with Crippen molar-refractivity contribution < 1.29 is 14.4 Å². The summed E-state index contributed by atoms with van der Waals surface area (Å²) in [4.78, 5) is 41.3. The largest absolute Gasteiger partial charge is 0.354 e. The van der Waals surface area contributed by atoms with Crippen molar-refractivity contribution in [1.82, 2.24) is 20.4 Å². The summed E-state index contributed by atoms with van der Waals surface area (Å²) in [6.07, 6.45) is 5.40. The predicted octanol–water partition coefficient (Wildman–Crippen LogP) is 2.70. The lowest BCUT2D eigenvalue weighted by atomic mass is 9.82. The monoisotopic (exact) mass is 428 g/mol. The molecule has 0 radical (unpaired) electrons. The molecule has 7 nitrogen and oxygen atoms in total. The Balaban J connectivity index is 1.52. The Morgan fingerprint density at radius 3 is 2.45 bits per heavy atom. The molecule has 0 aromatic heterocycles. The Morgan fingerprint density at radius 2 is 1.81 bits per heavy atom. The van der Waals surface area contributed by atoms with E-state index in [2.05, 4.69) is 41.5 Å². The summed E-state index contributed by atoms with van der Waals surface area (Å²) in [5, 5.41) is 5.93. The van der Waals surface area contributed by atoms with Crippen molar-refractivity contribution in [1.29, 1.82) is 0 Å². The van der Waals surface area contributed by atoms with Crippen LogP contribution in [0.2, 0.25) is 0 Å². The van der Waals surface area contributed by atoms with Gasteiger partial charge >= 0.3 is 6.03 Å². The fraction of sp³-hybridized carbons (Fsp3) is 0.625. The molecule has 1 unspecified atom stereocenters. The van der Waals surface area contributed by atoms with Crippen molar-refractivity contribution in [3.05, 3.63) is 35.9 Å². The van der Waals surface area contributed by atoms with Gasteiger partial charge in [0.2, 0.25) is 5.91 Å². The van der Waals surface area contributed by atoms with E-state index in [0.717, 1.165) is 38.8 Å². The van der Waals surface area contributed by atoms with Crippen LogP contribution in [0.5, 0.6) is 0 Å². The van der Waals surface area contributed by atoms with Gasteiger partial charge in [0.25, 0.3) is 5.91 Å². The molecule has 1 spiro atoms. The van der Waals surface area contributed by atoms with E-state index in [4.69, 9.17) is 0 Å². The number of nitrogens with one attached hydrogen (secondary N) is 2. The summed E-state index contributed by atoms with van der Waals surface area (Å²) in [6, 6.07) is 10.1. The molecule has 1 aliphatic carbocycles. The number of likely N-dealkylation sites (N-methyl/N-ethyl adjacent to an activating group) is 1. The van der Waals surface area contributed by atoms with E-state index in [1.54, 1.807) is 0 Å². The third kappa shape index (κ3) is 5.64. The first kappa shape index (κ1) is 23.3. The summed E-state index contributed by atoms with van der Waals surface area (Å²) in [5.74, 6) is -0.287. The van der Waals surface area contributed by atoms with E-state index in [1.165, 1.54) is 10.5 Å². The zero-order chi connectivity index (χ0) is 22.3. The van der Waals surface area contributed by atoms with Gasteiger partial charge in [-0.3, -0.25) is 19.4 Å². The van der Waals surface area contributed by atoms with Crippen LogP contribution in [-0.4, -0.2) is 65.4 Å². The van der Waals surface area contributed by atoms with Crippen molar-refractivity contribution in [2.24, 2.45) is 0 Å². The van der Waals surface area contributed by atoms with Crippen LogP contribution < -0.4 is 10.6 Å². The van der Waals surface area contributed by atoms with Gasteiger partial charge in [0.15, 0.2) is 0 Å². The first-order valence-corrected chi connectivity index (χ1v) is 11.7. The van der Waals surface area contributed by atoms with E-state index in [0.29, 0.717) is 19.4 Å².